The zero-order valence-electron chi connectivity index (χ0n) is 11.4. The summed E-state index contributed by atoms with van der Waals surface area (Å²) in [6.45, 7) is 0.856. The van der Waals surface area contributed by atoms with Crippen molar-refractivity contribution in [3.63, 3.8) is 0 Å². The van der Waals surface area contributed by atoms with Crippen LogP contribution in [0, 0.1) is 0 Å². The predicted octanol–water partition coefficient (Wildman–Crippen LogP) is 2.04. The summed E-state index contributed by atoms with van der Waals surface area (Å²) in [6, 6.07) is 7.13. The summed E-state index contributed by atoms with van der Waals surface area (Å²) in [4.78, 5) is 15.6. The van der Waals surface area contributed by atoms with Gasteiger partial charge in [-0.2, -0.15) is 4.98 Å². The first kappa shape index (κ1) is 17.4. The second kappa shape index (κ2) is 8.61. The first-order chi connectivity index (χ1) is 9.69. The molecule has 0 bridgehead atoms. The first-order valence-corrected chi connectivity index (χ1v) is 6.56. The Morgan fingerprint density at radius 3 is 2.71 bits per heavy atom. The minimum Gasteiger partial charge on any atom is -0.347 e. The van der Waals surface area contributed by atoms with Gasteiger partial charge in [0.05, 0.1) is 6.54 Å². The van der Waals surface area contributed by atoms with Crippen LogP contribution < -0.4 is 10.6 Å². The lowest BCUT2D eigenvalue weighted by Crippen LogP contribution is -2.26. The number of rotatable bonds is 6. The van der Waals surface area contributed by atoms with Gasteiger partial charge in [-0.15, -0.1) is 12.4 Å². The third-order valence-corrected chi connectivity index (χ3v) is 2.86. The van der Waals surface area contributed by atoms with E-state index in [0.717, 1.165) is 5.56 Å². The fourth-order valence-corrected chi connectivity index (χ4v) is 1.67. The lowest BCUT2D eigenvalue weighted by Gasteiger charge is -2.00. The summed E-state index contributed by atoms with van der Waals surface area (Å²) < 4.78 is 5.08. The Hall–Kier alpha value is -1.63. The van der Waals surface area contributed by atoms with Gasteiger partial charge in [0.2, 0.25) is 17.6 Å². The van der Waals surface area contributed by atoms with E-state index in [1.54, 1.807) is 19.2 Å². The van der Waals surface area contributed by atoms with Crippen molar-refractivity contribution in [1.29, 1.82) is 0 Å². The predicted molar refractivity (Wildman–Crippen MR) is 82.4 cm³/mol. The van der Waals surface area contributed by atoms with E-state index in [2.05, 4.69) is 20.8 Å². The summed E-state index contributed by atoms with van der Waals surface area (Å²) in [6.07, 6.45) is 0.411. The van der Waals surface area contributed by atoms with Crippen LogP contribution in [-0.4, -0.2) is 29.6 Å². The molecular formula is C13H16Cl2N4O2. The van der Waals surface area contributed by atoms with Crippen molar-refractivity contribution in [3.05, 3.63) is 35.2 Å². The van der Waals surface area contributed by atoms with Crippen LogP contribution in [0.2, 0.25) is 5.02 Å². The fraction of sp³-hybridized carbons (Fsp3) is 0.308. The van der Waals surface area contributed by atoms with Crippen LogP contribution in [-0.2, 0) is 11.3 Å². The molecule has 114 valence electrons. The summed E-state index contributed by atoms with van der Waals surface area (Å²) in [5.74, 6) is 0.777. The maximum atomic E-state index is 11.4. The molecule has 0 radical (unpaired) electrons. The molecule has 1 aromatic carbocycles. The SMILES string of the molecule is CNCCC(=O)NCc1nc(-c2ccc(Cl)cc2)no1.Cl. The Kier molecular flexibility index (Phi) is 7.14. The molecule has 0 aliphatic carbocycles. The van der Waals surface area contributed by atoms with E-state index in [-0.39, 0.29) is 24.9 Å². The van der Waals surface area contributed by atoms with Gasteiger partial charge in [-0.05, 0) is 31.3 Å². The smallest absolute Gasteiger partial charge is 0.246 e. The highest BCUT2D eigenvalue weighted by Crippen LogP contribution is 2.18. The molecule has 2 aromatic rings. The molecule has 2 rings (SSSR count). The highest BCUT2D eigenvalue weighted by atomic mass is 35.5. The van der Waals surface area contributed by atoms with Crippen molar-refractivity contribution in [1.82, 2.24) is 20.8 Å². The summed E-state index contributed by atoms with van der Waals surface area (Å²) in [5.41, 5.74) is 0.811. The second-order valence-corrected chi connectivity index (χ2v) is 4.59. The Morgan fingerprint density at radius 2 is 2.05 bits per heavy atom. The maximum Gasteiger partial charge on any atom is 0.246 e. The normalized spacial score (nSPS) is 10.0. The minimum absolute atomic E-state index is 0. The number of nitrogens with zero attached hydrogens (tertiary/aromatic N) is 2. The molecular weight excluding hydrogens is 315 g/mol. The zero-order valence-corrected chi connectivity index (χ0v) is 13.0. The number of halogens is 2. The maximum absolute atomic E-state index is 11.4. The van der Waals surface area contributed by atoms with E-state index < -0.39 is 0 Å². The largest absolute Gasteiger partial charge is 0.347 e. The second-order valence-electron chi connectivity index (χ2n) is 4.15. The highest BCUT2D eigenvalue weighted by molar-refractivity contribution is 6.30. The van der Waals surface area contributed by atoms with E-state index in [9.17, 15) is 4.79 Å². The number of carbonyl (C=O) groups excluding carboxylic acids is 1. The van der Waals surface area contributed by atoms with Gasteiger partial charge >= 0.3 is 0 Å². The topological polar surface area (TPSA) is 80.0 Å². The number of aromatic nitrogens is 2. The Balaban J connectivity index is 0.00000220. The van der Waals surface area contributed by atoms with E-state index in [0.29, 0.717) is 29.7 Å². The molecule has 0 unspecified atom stereocenters. The van der Waals surface area contributed by atoms with Crippen LogP contribution in [0.15, 0.2) is 28.8 Å². The molecule has 2 N–H and O–H groups in total. The van der Waals surface area contributed by atoms with Crippen molar-refractivity contribution in [3.8, 4) is 11.4 Å². The molecule has 21 heavy (non-hydrogen) atoms. The third kappa shape index (κ3) is 5.34. The lowest BCUT2D eigenvalue weighted by atomic mass is 10.2. The summed E-state index contributed by atoms with van der Waals surface area (Å²) in [7, 11) is 1.80. The third-order valence-electron chi connectivity index (χ3n) is 2.61. The van der Waals surface area contributed by atoms with Gasteiger partial charge in [-0.25, -0.2) is 0 Å². The van der Waals surface area contributed by atoms with Crippen molar-refractivity contribution >= 4 is 29.9 Å². The van der Waals surface area contributed by atoms with Gasteiger partial charge in [0, 0.05) is 23.6 Å². The number of hydrogen-bond acceptors (Lipinski definition) is 5. The van der Waals surface area contributed by atoms with Crippen LogP contribution in [0.25, 0.3) is 11.4 Å². The number of hydrogen-bond donors (Lipinski definition) is 2. The van der Waals surface area contributed by atoms with Crippen LogP contribution >= 0.6 is 24.0 Å². The highest BCUT2D eigenvalue weighted by Gasteiger charge is 2.09. The average molecular weight is 331 g/mol. The number of benzene rings is 1. The first-order valence-electron chi connectivity index (χ1n) is 6.19. The molecule has 0 atom stereocenters. The van der Waals surface area contributed by atoms with Gasteiger partial charge in [0.25, 0.3) is 0 Å². The van der Waals surface area contributed by atoms with Crippen molar-refractivity contribution in [2.75, 3.05) is 13.6 Å². The van der Waals surface area contributed by atoms with Crippen LogP contribution in [0.4, 0.5) is 0 Å². The van der Waals surface area contributed by atoms with Gasteiger partial charge in [0.15, 0.2) is 0 Å². The van der Waals surface area contributed by atoms with Gasteiger partial charge in [0.1, 0.15) is 0 Å². The number of carbonyl (C=O) groups is 1. The molecule has 8 heteroatoms. The van der Waals surface area contributed by atoms with E-state index in [1.807, 2.05) is 12.1 Å². The van der Waals surface area contributed by atoms with Gasteiger partial charge in [-0.3, -0.25) is 4.79 Å². The van der Waals surface area contributed by atoms with E-state index >= 15 is 0 Å². The molecule has 0 aliphatic heterocycles. The average Bonchev–Trinajstić information content (AvgIpc) is 2.92. The molecule has 1 amide bonds. The molecule has 1 aromatic heterocycles. The van der Waals surface area contributed by atoms with Gasteiger partial charge in [-0.1, -0.05) is 16.8 Å². The molecule has 1 heterocycles. The fourth-order valence-electron chi connectivity index (χ4n) is 1.54. The monoisotopic (exact) mass is 330 g/mol. The van der Waals surface area contributed by atoms with E-state index in [4.69, 9.17) is 16.1 Å². The molecule has 0 aliphatic rings. The quantitative estimate of drug-likeness (QED) is 0.847. The molecule has 6 nitrogen and oxygen atoms in total. The Labute approximate surface area is 133 Å². The Morgan fingerprint density at radius 1 is 1.33 bits per heavy atom. The number of amides is 1. The van der Waals surface area contributed by atoms with Crippen molar-refractivity contribution in [2.45, 2.75) is 13.0 Å². The lowest BCUT2D eigenvalue weighted by molar-refractivity contribution is -0.121. The molecule has 0 fully saturated rings. The molecule has 0 saturated heterocycles. The van der Waals surface area contributed by atoms with Crippen LogP contribution in [0.5, 0.6) is 0 Å². The van der Waals surface area contributed by atoms with Crippen molar-refractivity contribution in [2.24, 2.45) is 0 Å². The zero-order chi connectivity index (χ0) is 14.4. The Bertz CT molecular complexity index is 572. The van der Waals surface area contributed by atoms with Crippen LogP contribution in [0.1, 0.15) is 12.3 Å². The molecule has 0 saturated carbocycles. The van der Waals surface area contributed by atoms with E-state index in [1.165, 1.54) is 0 Å². The van der Waals surface area contributed by atoms with Crippen LogP contribution in [0.3, 0.4) is 0 Å². The standard InChI is InChI=1S/C13H15ClN4O2.ClH/c1-15-7-6-11(19)16-8-12-17-13(18-20-12)9-2-4-10(14)5-3-9;/h2-5,15H,6-8H2,1H3,(H,16,19);1H. The molecule has 0 spiro atoms. The van der Waals surface area contributed by atoms with Gasteiger partial charge < -0.3 is 15.2 Å². The number of nitrogens with one attached hydrogen (secondary N) is 2. The van der Waals surface area contributed by atoms with Crippen molar-refractivity contribution < 1.29 is 9.32 Å². The summed E-state index contributed by atoms with van der Waals surface area (Å²) >= 11 is 5.81. The minimum atomic E-state index is -0.0643. The summed E-state index contributed by atoms with van der Waals surface area (Å²) in [5, 5.41) is 10.1.